The largest absolute Gasteiger partial charge is 0.478 e. The number of hydrogen-bond acceptors (Lipinski definition) is 5. The molecule has 1 aromatic carbocycles. The van der Waals surface area contributed by atoms with Crippen LogP contribution < -0.4 is 4.74 Å². The van der Waals surface area contributed by atoms with Crippen molar-refractivity contribution < 1.29 is 28.3 Å². The summed E-state index contributed by atoms with van der Waals surface area (Å²) in [7, 11) is -1.27. The standard InChI is InChI=1S/C12H15Cl2O6P/c1-7(21(17,18-2)19-3)11(12(15)16)20-10-5-4-8(13)6-9(10)14/h4-7,11H,1-3H3,(H,15,16). The fourth-order valence-corrected chi connectivity index (χ4v) is 3.42. The van der Waals surface area contributed by atoms with Gasteiger partial charge in [-0.25, -0.2) is 4.79 Å². The number of ether oxygens (including phenoxy) is 1. The first-order valence-electron chi connectivity index (χ1n) is 5.81. The highest BCUT2D eigenvalue weighted by Gasteiger charge is 2.42. The lowest BCUT2D eigenvalue weighted by atomic mass is 10.2. The van der Waals surface area contributed by atoms with E-state index < -0.39 is 25.3 Å². The number of halogens is 2. The highest BCUT2D eigenvalue weighted by Crippen LogP contribution is 2.53. The van der Waals surface area contributed by atoms with Gasteiger partial charge in [0, 0.05) is 19.2 Å². The fourth-order valence-electron chi connectivity index (χ4n) is 1.64. The summed E-state index contributed by atoms with van der Waals surface area (Å²) in [4.78, 5) is 11.4. The van der Waals surface area contributed by atoms with Gasteiger partial charge in [0.1, 0.15) is 11.4 Å². The van der Waals surface area contributed by atoms with E-state index in [1.165, 1.54) is 39.3 Å². The second-order valence-corrected chi connectivity index (χ2v) is 7.57. The van der Waals surface area contributed by atoms with Gasteiger partial charge in [-0.1, -0.05) is 23.2 Å². The number of carbonyl (C=O) groups is 1. The summed E-state index contributed by atoms with van der Waals surface area (Å²) in [5.74, 6) is -1.21. The first-order chi connectivity index (χ1) is 9.75. The minimum absolute atomic E-state index is 0.110. The lowest BCUT2D eigenvalue weighted by Crippen LogP contribution is -2.38. The van der Waals surface area contributed by atoms with Gasteiger partial charge in [-0.05, 0) is 25.1 Å². The second kappa shape index (κ2) is 7.47. The summed E-state index contributed by atoms with van der Waals surface area (Å²) in [6.07, 6.45) is -1.46. The molecule has 21 heavy (non-hydrogen) atoms. The molecule has 0 saturated heterocycles. The molecule has 1 N–H and O–H groups in total. The quantitative estimate of drug-likeness (QED) is 0.750. The van der Waals surface area contributed by atoms with E-state index in [4.69, 9.17) is 37.0 Å². The third kappa shape index (κ3) is 4.34. The normalized spacial score (nSPS) is 14.5. The van der Waals surface area contributed by atoms with Crippen molar-refractivity contribution in [2.24, 2.45) is 0 Å². The molecule has 1 aromatic rings. The van der Waals surface area contributed by atoms with E-state index in [9.17, 15) is 14.5 Å². The van der Waals surface area contributed by atoms with Crippen LogP contribution in [0.4, 0.5) is 0 Å². The smallest absolute Gasteiger partial charge is 0.345 e. The van der Waals surface area contributed by atoms with Crippen molar-refractivity contribution >= 4 is 36.8 Å². The van der Waals surface area contributed by atoms with Crippen LogP contribution in [0.25, 0.3) is 0 Å². The summed E-state index contributed by atoms with van der Waals surface area (Å²) in [5.41, 5.74) is -1.04. The zero-order valence-electron chi connectivity index (χ0n) is 11.6. The van der Waals surface area contributed by atoms with E-state index in [1.54, 1.807) is 0 Å². The van der Waals surface area contributed by atoms with Gasteiger partial charge in [-0.3, -0.25) is 4.57 Å². The van der Waals surface area contributed by atoms with E-state index in [-0.39, 0.29) is 10.8 Å². The number of carboxylic acids is 1. The Labute approximate surface area is 132 Å². The van der Waals surface area contributed by atoms with Gasteiger partial charge in [-0.2, -0.15) is 0 Å². The maximum absolute atomic E-state index is 12.3. The molecule has 6 nitrogen and oxygen atoms in total. The summed E-state index contributed by atoms with van der Waals surface area (Å²) in [6.45, 7) is 1.40. The molecule has 0 aromatic heterocycles. The molecule has 0 aliphatic heterocycles. The minimum Gasteiger partial charge on any atom is -0.478 e. The summed E-state index contributed by atoms with van der Waals surface area (Å²) >= 11 is 11.7. The molecule has 2 atom stereocenters. The maximum Gasteiger partial charge on any atom is 0.345 e. The van der Waals surface area contributed by atoms with Crippen LogP contribution in [-0.2, 0) is 18.4 Å². The maximum atomic E-state index is 12.3. The van der Waals surface area contributed by atoms with E-state index in [0.717, 1.165) is 0 Å². The zero-order valence-corrected chi connectivity index (χ0v) is 14.0. The van der Waals surface area contributed by atoms with Crippen molar-refractivity contribution in [2.45, 2.75) is 18.7 Å². The Hall–Kier alpha value is -0.780. The Balaban J connectivity index is 3.08. The van der Waals surface area contributed by atoms with Crippen molar-refractivity contribution in [1.29, 1.82) is 0 Å². The van der Waals surface area contributed by atoms with Crippen LogP contribution in [0.15, 0.2) is 18.2 Å². The van der Waals surface area contributed by atoms with Gasteiger partial charge in [-0.15, -0.1) is 0 Å². The lowest BCUT2D eigenvalue weighted by molar-refractivity contribution is -0.145. The second-order valence-electron chi connectivity index (χ2n) is 4.10. The lowest BCUT2D eigenvalue weighted by Gasteiger charge is -2.26. The van der Waals surface area contributed by atoms with Crippen molar-refractivity contribution in [3.8, 4) is 5.75 Å². The van der Waals surface area contributed by atoms with Crippen LogP contribution in [0, 0.1) is 0 Å². The average molecular weight is 357 g/mol. The van der Waals surface area contributed by atoms with E-state index in [2.05, 4.69) is 0 Å². The molecule has 118 valence electrons. The van der Waals surface area contributed by atoms with Crippen molar-refractivity contribution in [2.75, 3.05) is 14.2 Å². The molecule has 0 saturated carbocycles. The number of benzene rings is 1. The number of aliphatic carboxylic acids is 1. The fraction of sp³-hybridized carbons (Fsp3) is 0.417. The predicted octanol–water partition coefficient (Wildman–Crippen LogP) is 3.70. The van der Waals surface area contributed by atoms with E-state index >= 15 is 0 Å². The molecule has 0 aliphatic rings. The molecule has 2 unspecified atom stereocenters. The Morgan fingerprint density at radius 3 is 2.29 bits per heavy atom. The Bertz CT molecular complexity index is 557. The molecule has 0 fully saturated rings. The molecule has 0 bridgehead atoms. The van der Waals surface area contributed by atoms with E-state index in [0.29, 0.717) is 5.02 Å². The van der Waals surface area contributed by atoms with Crippen LogP contribution in [0.1, 0.15) is 6.92 Å². The van der Waals surface area contributed by atoms with Gasteiger partial charge < -0.3 is 18.9 Å². The molecule has 1 rings (SSSR count). The van der Waals surface area contributed by atoms with Crippen molar-refractivity contribution in [3.63, 3.8) is 0 Å². The Morgan fingerprint density at radius 1 is 1.29 bits per heavy atom. The first-order valence-corrected chi connectivity index (χ1v) is 8.17. The van der Waals surface area contributed by atoms with Gasteiger partial charge in [0.2, 0.25) is 6.10 Å². The summed E-state index contributed by atoms with van der Waals surface area (Å²) in [5, 5.41) is 9.80. The molecular weight excluding hydrogens is 342 g/mol. The molecule has 0 aliphatic carbocycles. The van der Waals surface area contributed by atoms with Crippen LogP contribution in [0.2, 0.25) is 10.0 Å². The average Bonchev–Trinajstić information content (AvgIpc) is 2.44. The number of rotatable bonds is 7. The van der Waals surface area contributed by atoms with Crippen molar-refractivity contribution in [3.05, 3.63) is 28.2 Å². The van der Waals surface area contributed by atoms with Gasteiger partial charge in [0.15, 0.2) is 0 Å². The monoisotopic (exact) mass is 356 g/mol. The Kier molecular flexibility index (Phi) is 6.50. The molecule has 0 amide bonds. The molecule has 0 spiro atoms. The van der Waals surface area contributed by atoms with Crippen LogP contribution >= 0.6 is 30.8 Å². The van der Waals surface area contributed by atoms with E-state index in [1.807, 2.05) is 0 Å². The summed E-state index contributed by atoms with van der Waals surface area (Å²) < 4.78 is 27.2. The highest BCUT2D eigenvalue weighted by atomic mass is 35.5. The molecule has 0 radical (unpaired) electrons. The van der Waals surface area contributed by atoms with Crippen molar-refractivity contribution in [1.82, 2.24) is 0 Å². The molecule has 9 heteroatoms. The van der Waals surface area contributed by atoms with Gasteiger partial charge in [0.05, 0.1) is 5.02 Å². The third-order valence-electron chi connectivity index (χ3n) is 2.84. The van der Waals surface area contributed by atoms with Gasteiger partial charge >= 0.3 is 13.6 Å². The first kappa shape index (κ1) is 18.3. The topological polar surface area (TPSA) is 82.1 Å². The van der Waals surface area contributed by atoms with Gasteiger partial charge in [0.25, 0.3) is 0 Å². The predicted molar refractivity (Wildman–Crippen MR) is 79.6 cm³/mol. The van der Waals surface area contributed by atoms with Crippen LogP contribution in [0.5, 0.6) is 5.75 Å². The highest BCUT2D eigenvalue weighted by molar-refractivity contribution is 7.54. The summed E-state index contributed by atoms with van der Waals surface area (Å²) in [6, 6.07) is 4.34. The van der Waals surface area contributed by atoms with Crippen LogP contribution in [0.3, 0.4) is 0 Å². The SMILES string of the molecule is COP(=O)(OC)C(C)C(Oc1ccc(Cl)cc1Cl)C(=O)O. The zero-order chi connectivity index (χ0) is 16.2. The Morgan fingerprint density at radius 2 is 1.86 bits per heavy atom. The molecule has 0 heterocycles. The number of hydrogen-bond donors (Lipinski definition) is 1. The number of carboxylic acid groups (broad SMARTS) is 1. The minimum atomic E-state index is -3.62. The third-order valence-corrected chi connectivity index (χ3v) is 5.65. The van der Waals surface area contributed by atoms with Crippen LogP contribution in [-0.4, -0.2) is 37.1 Å². The molecular formula is C12H15Cl2O6P.